The van der Waals surface area contributed by atoms with E-state index in [1.165, 1.54) is 0 Å². The largest absolute Gasteiger partial charge is 0.468 e. The Morgan fingerprint density at radius 2 is 1.82 bits per heavy atom. The summed E-state index contributed by atoms with van der Waals surface area (Å²) in [6.07, 6.45) is 2.97. The summed E-state index contributed by atoms with van der Waals surface area (Å²) in [6.45, 7) is 6.46. The van der Waals surface area contributed by atoms with Crippen LogP contribution in [0, 0.1) is 28.6 Å². The van der Waals surface area contributed by atoms with Crippen molar-refractivity contribution < 1.29 is 14.3 Å². The van der Waals surface area contributed by atoms with E-state index in [-0.39, 0.29) is 5.92 Å². The Morgan fingerprint density at radius 1 is 1.24 bits per heavy atom. The summed E-state index contributed by atoms with van der Waals surface area (Å²) in [5, 5.41) is 15.9. The highest BCUT2D eigenvalue weighted by Crippen LogP contribution is 1.92. The second-order valence-electron chi connectivity index (χ2n) is 2.74. The van der Waals surface area contributed by atoms with Crippen LogP contribution in [0.15, 0.2) is 0 Å². The topological polar surface area (TPSA) is 91.0 Å². The van der Waals surface area contributed by atoms with Crippen LogP contribution in [0.2, 0.25) is 0 Å². The fraction of sp³-hybridized carbons (Fsp3) is 0.667. The van der Waals surface area contributed by atoms with Gasteiger partial charge in [-0.2, -0.15) is 10.5 Å². The van der Waals surface area contributed by atoms with Gasteiger partial charge in [-0.1, -0.05) is 13.8 Å². The van der Waals surface area contributed by atoms with E-state index in [1.54, 1.807) is 6.92 Å². The maximum absolute atomic E-state index is 9.74. The van der Waals surface area contributed by atoms with Gasteiger partial charge >= 0.3 is 0 Å². The fourth-order valence-electron chi connectivity index (χ4n) is 0.398. The predicted octanol–water partition coefficient (Wildman–Crippen LogP) is 2.22. The average Bonchev–Trinajstić information content (AvgIpc) is 2.35. The first kappa shape index (κ1) is 20.5. The van der Waals surface area contributed by atoms with Gasteiger partial charge in [0.15, 0.2) is 0 Å². The molecule has 0 heterocycles. The Balaban J connectivity index is -0.000000177. The molecule has 0 saturated carbocycles. The van der Waals surface area contributed by atoms with Crippen LogP contribution >= 0.6 is 0 Å². The molecule has 1 unspecified atom stereocenters. The smallest absolute Gasteiger partial charge is 0.293 e. The molecule has 0 aliphatic heterocycles. The van der Waals surface area contributed by atoms with Gasteiger partial charge in [0.1, 0.15) is 12.2 Å². The van der Waals surface area contributed by atoms with E-state index in [4.69, 9.17) is 10.5 Å². The zero-order valence-electron chi connectivity index (χ0n) is 10.7. The molecule has 0 aromatic heterocycles. The Labute approximate surface area is 103 Å². The van der Waals surface area contributed by atoms with Gasteiger partial charge in [-0.15, -0.1) is 0 Å². The summed E-state index contributed by atoms with van der Waals surface area (Å²) >= 11 is 0. The molecule has 0 spiro atoms. The summed E-state index contributed by atoms with van der Waals surface area (Å²) in [4.78, 5) is 18.9. The van der Waals surface area contributed by atoms with Crippen molar-refractivity contribution in [1.29, 1.82) is 10.5 Å². The number of hydrogen-bond acceptors (Lipinski definition) is 5. The number of carbonyl (C=O) groups is 2. The number of rotatable bonds is 5. The highest BCUT2D eigenvalue weighted by Gasteiger charge is 1.97. The SMILES string of the molecule is CCC(C#N)C=O.CCCC#N.CCOC=O. The third-order valence-corrected chi connectivity index (χ3v) is 1.37. The number of hydrogen-bond donors (Lipinski definition) is 0. The molecular weight excluding hydrogens is 220 g/mol. The van der Waals surface area contributed by atoms with Gasteiger partial charge in [-0.05, 0) is 19.8 Å². The quantitative estimate of drug-likeness (QED) is 0.687. The Morgan fingerprint density at radius 3 is 1.82 bits per heavy atom. The molecule has 1 atom stereocenters. The number of nitriles is 2. The summed E-state index contributed by atoms with van der Waals surface area (Å²) < 4.78 is 4.15. The van der Waals surface area contributed by atoms with Gasteiger partial charge in [-0.25, -0.2) is 0 Å². The van der Waals surface area contributed by atoms with Gasteiger partial charge in [-0.3, -0.25) is 4.79 Å². The zero-order valence-corrected chi connectivity index (χ0v) is 10.7. The number of aldehydes is 1. The highest BCUT2D eigenvalue weighted by atomic mass is 16.5. The van der Waals surface area contributed by atoms with E-state index in [0.717, 1.165) is 6.42 Å². The van der Waals surface area contributed by atoms with Crippen molar-refractivity contribution in [2.75, 3.05) is 6.61 Å². The number of carbonyl (C=O) groups excluding carboxylic acids is 2. The molecule has 0 aliphatic carbocycles. The highest BCUT2D eigenvalue weighted by molar-refractivity contribution is 5.57. The summed E-state index contributed by atoms with van der Waals surface area (Å²) in [7, 11) is 0. The first-order valence-electron chi connectivity index (χ1n) is 5.45. The summed E-state index contributed by atoms with van der Waals surface area (Å²) in [5.41, 5.74) is 0. The minimum Gasteiger partial charge on any atom is -0.468 e. The lowest BCUT2D eigenvalue weighted by Crippen LogP contribution is -1.93. The molecule has 96 valence electrons. The van der Waals surface area contributed by atoms with E-state index in [9.17, 15) is 9.59 Å². The molecule has 0 bridgehead atoms. The minimum absolute atomic E-state index is 0.389. The van der Waals surface area contributed by atoms with Crippen molar-refractivity contribution in [3.8, 4) is 12.1 Å². The molecule has 5 heteroatoms. The second-order valence-corrected chi connectivity index (χ2v) is 2.74. The number of ether oxygens (including phenoxy) is 1. The molecule has 0 aromatic carbocycles. The fourth-order valence-corrected chi connectivity index (χ4v) is 0.398. The van der Waals surface area contributed by atoms with Crippen LogP contribution in [-0.2, 0) is 14.3 Å². The lowest BCUT2D eigenvalue weighted by atomic mass is 10.1. The average molecular weight is 240 g/mol. The normalized spacial score (nSPS) is 8.76. The van der Waals surface area contributed by atoms with Gasteiger partial charge in [0.25, 0.3) is 6.47 Å². The molecule has 0 N–H and O–H groups in total. The number of nitrogens with zero attached hydrogens (tertiary/aromatic N) is 2. The first-order chi connectivity index (χ1) is 8.17. The van der Waals surface area contributed by atoms with Crippen molar-refractivity contribution in [2.24, 2.45) is 5.92 Å². The predicted molar refractivity (Wildman–Crippen MR) is 63.7 cm³/mol. The van der Waals surface area contributed by atoms with Crippen LogP contribution in [0.25, 0.3) is 0 Å². The molecule has 0 saturated heterocycles. The van der Waals surface area contributed by atoms with Crippen molar-refractivity contribution in [3.05, 3.63) is 0 Å². The molecule has 0 rings (SSSR count). The van der Waals surface area contributed by atoms with E-state index in [0.29, 0.717) is 32.2 Å². The molecule has 0 amide bonds. The molecular formula is C12H20N2O3. The first-order valence-corrected chi connectivity index (χ1v) is 5.45. The van der Waals surface area contributed by atoms with Crippen LogP contribution in [0.5, 0.6) is 0 Å². The summed E-state index contributed by atoms with van der Waals surface area (Å²) in [5.74, 6) is -0.389. The van der Waals surface area contributed by atoms with Crippen LogP contribution in [-0.4, -0.2) is 19.4 Å². The zero-order chi connectivity index (χ0) is 13.9. The Hall–Kier alpha value is -1.88. The van der Waals surface area contributed by atoms with Gasteiger partial charge in [0.2, 0.25) is 0 Å². The lowest BCUT2D eigenvalue weighted by molar-refractivity contribution is -0.128. The Kier molecular flexibility index (Phi) is 28.6. The van der Waals surface area contributed by atoms with E-state index < -0.39 is 0 Å². The van der Waals surface area contributed by atoms with Gasteiger partial charge in [0.05, 0.1) is 18.7 Å². The maximum atomic E-state index is 9.74. The number of unbranched alkanes of at least 4 members (excludes halogenated alkanes) is 1. The molecule has 17 heavy (non-hydrogen) atoms. The van der Waals surface area contributed by atoms with Crippen LogP contribution < -0.4 is 0 Å². The molecule has 0 fully saturated rings. The molecule has 0 aliphatic rings. The van der Waals surface area contributed by atoms with Crippen LogP contribution in [0.1, 0.15) is 40.0 Å². The monoisotopic (exact) mass is 240 g/mol. The van der Waals surface area contributed by atoms with E-state index in [2.05, 4.69) is 4.74 Å². The third-order valence-electron chi connectivity index (χ3n) is 1.37. The van der Waals surface area contributed by atoms with Gasteiger partial charge in [0, 0.05) is 6.42 Å². The summed E-state index contributed by atoms with van der Waals surface area (Å²) in [6, 6.07) is 3.85. The van der Waals surface area contributed by atoms with E-state index >= 15 is 0 Å². The maximum Gasteiger partial charge on any atom is 0.293 e. The van der Waals surface area contributed by atoms with Crippen molar-refractivity contribution in [3.63, 3.8) is 0 Å². The van der Waals surface area contributed by atoms with Crippen molar-refractivity contribution in [1.82, 2.24) is 0 Å². The van der Waals surface area contributed by atoms with Crippen LogP contribution in [0.4, 0.5) is 0 Å². The minimum atomic E-state index is -0.389. The van der Waals surface area contributed by atoms with Crippen LogP contribution in [0.3, 0.4) is 0 Å². The molecule has 0 radical (unpaired) electrons. The Bertz CT molecular complexity index is 241. The van der Waals surface area contributed by atoms with Crippen molar-refractivity contribution >= 4 is 12.8 Å². The standard InChI is InChI=1S/C5H7NO.C4H7N.C3H6O2/c1-2-5(3-6)4-7;1-2-3-4-5;1-2-5-3-4/h4-5H,2H2,1H3;2-3H2,1H3;3H,2H2,1H3. The van der Waals surface area contributed by atoms with E-state index in [1.807, 2.05) is 26.0 Å². The molecule has 0 aromatic rings. The molecule has 5 nitrogen and oxygen atoms in total. The second kappa shape index (κ2) is 23.7. The lowest BCUT2D eigenvalue weighted by Gasteiger charge is -1.86. The van der Waals surface area contributed by atoms with Gasteiger partial charge < -0.3 is 9.53 Å². The third kappa shape index (κ3) is 31.5. The van der Waals surface area contributed by atoms with Crippen molar-refractivity contribution in [2.45, 2.75) is 40.0 Å².